The molecule has 0 saturated carbocycles. The number of halogens is 1. The number of hydrogen-bond acceptors (Lipinski definition) is 5. The molecule has 0 aliphatic carbocycles. The van der Waals surface area contributed by atoms with E-state index in [0.717, 1.165) is 12.8 Å². The summed E-state index contributed by atoms with van der Waals surface area (Å²) >= 11 is 4.62. The lowest BCUT2D eigenvalue weighted by Gasteiger charge is -2.20. The highest BCUT2D eigenvalue weighted by Gasteiger charge is 2.24. The number of benzene rings is 2. The van der Waals surface area contributed by atoms with E-state index in [1.165, 1.54) is 15.6 Å². The number of fused-ring (bicyclic) bond motifs is 1. The number of hydrogen-bond donors (Lipinski definition) is 1. The molecule has 29 heavy (non-hydrogen) atoms. The predicted molar refractivity (Wildman–Crippen MR) is 121 cm³/mol. The first-order chi connectivity index (χ1) is 13.9. The van der Waals surface area contributed by atoms with Gasteiger partial charge >= 0.3 is 0 Å². The SMILES string of the molecule is CCCN(CCC)S(=O)(=O)c1ccc2nc(NC(=O)c3ccccc3Br)sc2c1. The molecule has 0 fully saturated rings. The van der Waals surface area contributed by atoms with Crippen molar-refractivity contribution in [2.45, 2.75) is 31.6 Å². The van der Waals surface area contributed by atoms with Gasteiger partial charge in [-0.05, 0) is 59.1 Å². The maximum Gasteiger partial charge on any atom is 0.258 e. The molecule has 1 amide bonds. The summed E-state index contributed by atoms with van der Waals surface area (Å²) in [4.78, 5) is 17.2. The second-order valence-electron chi connectivity index (χ2n) is 6.49. The van der Waals surface area contributed by atoms with Crippen LogP contribution in [0.25, 0.3) is 10.2 Å². The molecule has 0 spiro atoms. The smallest absolute Gasteiger partial charge is 0.258 e. The van der Waals surface area contributed by atoms with Gasteiger partial charge in [0.1, 0.15) is 0 Å². The Hall–Kier alpha value is -1.81. The first kappa shape index (κ1) is 21.9. The van der Waals surface area contributed by atoms with Crippen LogP contribution in [0.1, 0.15) is 37.0 Å². The molecule has 0 bridgehead atoms. The van der Waals surface area contributed by atoms with Crippen molar-refractivity contribution in [3.63, 3.8) is 0 Å². The highest BCUT2D eigenvalue weighted by molar-refractivity contribution is 9.10. The third kappa shape index (κ3) is 4.85. The van der Waals surface area contributed by atoms with Crippen molar-refractivity contribution in [2.24, 2.45) is 0 Å². The molecule has 1 aromatic heterocycles. The average molecular weight is 496 g/mol. The number of thiazole rings is 1. The van der Waals surface area contributed by atoms with Gasteiger partial charge in [0.2, 0.25) is 10.0 Å². The Labute approximate surface area is 183 Å². The molecule has 0 atom stereocenters. The number of amides is 1. The lowest BCUT2D eigenvalue weighted by Crippen LogP contribution is -2.32. The Morgan fingerprint density at radius 2 is 1.83 bits per heavy atom. The fraction of sp³-hybridized carbons (Fsp3) is 0.300. The molecule has 0 saturated heterocycles. The summed E-state index contributed by atoms with van der Waals surface area (Å²) in [7, 11) is -3.56. The number of carbonyl (C=O) groups is 1. The van der Waals surface area contributed by atoms with E-state index in [4.69, 9.17) is 0 Å². The van der Waals surface area contributed by atoms with Crippen LogP contribution in [0.4, 0.5) is 5.13 Å². The van der Waals surface area contributed by atoms with Gasteiger partial charge < -0.3 is 0 Å². The van der Waals surface area contributed by atoms with Crippen molar-refractivity contribution >= 4 is 58.5 Å². The summed E-state index contributed by atoms with van der Waals surface area (Å²) in [5.41, 5.74) is 1.15. The first-order valence-electron chi connectivity index (χ1n) is 9.33. The van der Waals surface area contributed by atoms with Crippen LogP contribution in [0.3, 0.4) is 0 Å². The largest absolute Gasteiger partial charge is 0.298 e. The maximum atomic E-state index is 13.0. The summed E-state index contributed by atoms with van der Waals surface area (Å²) in [6, 6.07) is 12.0. The Kier molecular flexibility index (Phi) is 7.05. The predicted octanol–water partition coefficient (Wildman–Crippen LogP) is 5.12. The summed E-state index contributed by atoms with van der Waals surface area (Å²) in [6.45, 7) is 4.91. The summed E-state index contributed by atoms with van der Waals surface area (Å²) in [5.74, 6) is -0.276. The average Bonchev–Trinajstić information content (AvgIpc) is 3.09. The van der Waals surface area contributed by atoms with Gasteiger partial charge in [-0.15, -0.1) is 0 Å². The molecule has 3 aromatic rings. The molecule has 1 heterocycles. The highest BCUT2D eigenvalue weighted by atomic mass is 79.9. The number of nitrogens with one attached hydrogen (secondary N) is 1. The van der Waals surface area contributed by atoms with E-state index in [-0.39, 0.29) is 10.8 Å². The summed E-state index contributed by atoms with van der Waals surface area (Å²) < 4.78 is 28.9. The second-order valence-corrected chi connectivity index (χ2v) is 10.3. The molecule has 9 heteroatoms. The Balaban J connectivity index is 1.88. The lowest BCUT2D eigenvalue weighted by atomic mass is 10.2. The third-order valence-corrected chi connectivity index (χ3v) is 7.80. The molecular weight excluding hydrogens is 474 g/mol. The van der Waals surface area contributed by atoms with Crippen molar-refractivity contribution in [3.05, 3.63) is 52.5 Å². The topological polar surface area (TPSA) is 79.4 Å². The van der Waals surface area contributed by atoms with Gasteiger partial charge in [0.05, 0.1) is 20.7 Å². The van der Waals surface area contributed by atoms with E-state index < -0.39 is 10.0 Å². The lowest BCUT2D eigenvalue weighted by molar-refractivity contribution is 0.102. The number of aromatic nitrogens is 1. The molecule has 0 unspecified atom stereocenters. The number of rotatable bonds is 8. The van der Waals surface area contributed by atoms with E-state index in [1.54, 1.807) is 36.4 Å². The minimum Gasteiger partial charge on any atom is -0.298 e. The number of nitrogens with zero attached hydrogens (tertiary/aromatic N) is 2. The van der Waals surface area contributed by atoms with Crippen molar-refractivity contribution < 1.29 is 13.2 Å². The van der Waals surface area contributed by atoms with E-state index in [9.17, 15) is 13.2 Å². The van der Waals surface area contributed by atoms with E-state index >= 15 is 0 Å². The fourth-order valence-corrected chi connectivity index (χ4v) is 6.02. The van der Waals surface area contributed by atoms with E-state index in [0.29, 0.717) is 38.5 Å². The van der Waals surface area contributed by atoms with Crippen LogP contribution in [-0.4, -0.2) is 36.7 Å². The Morgan fingerprint density at radius 3 is 2.48 bits per heavy atom. The fourth-order valence-electron chi connectivity index (χ4n) is 2.93. The van der Waals surface area contributed by atoms with Crippen molar-refractivity contribution in [1.82, 2.24) is 9.29 Å². The molecular formula is C20H22BrN3O3S2. The third-order valence-electron chi connectivity index (χ3n) is 4.28. The summed E-state index contributed by atoms with van der Waals surface area (Å²) in [5, 5.41) is 3.21. The molecule has 0 radical (unpaired) electrons. The van der Waals surface area contributed by atoms with E-state index in [1.807, 2.05) is 19.9 Å². The van der Waals surface area contributed by atoms with Crippen LogP contribution in [0.15, 0.2) is 51.8 Å². The van der Waals surface area contributed by atoms with Gasteiger partial charge in [-0.1, -0.05) is 37.3 Å². The van der Waals surface area contributed by atoms with Crippen molar-refractivity contribution in [1.29, 1.82) is 0 Å². The highest BCUT2D eigenvalue weighted by Crippen LogP contribution is 2.30. The monoisotopic (exact) mass is 495 g/mol. The first-order valence-corrected chi connectivity index (χ1v) is 12.4. The maximum absolute atomic E-state index is 13.0. The molecule has 2 aromatic carbocycles. The number of carbonyl (C=O) groups excluding carboxylic acids is 1. The zero-order chi connectivity index (χ0) is 21.0. The standard InChI is InChI=1S/C20H22BrN3O3S2/c1-3-11-24(12-4-2)29(26,27)14-9-10-17-18(13-14)28-20(22-17)23-19(25)15-7-5-6-8-16(15)21/h5-10,13H,3-4,11-12H2,1-2H3,(H,22,23,25). The molecule has 3 rings (SSSR count). The number of anilines is 1. The number of sulfonamides is 1. The van der Waals surface area contributed by atoms with Crippen LogP contribution in [-0.2, 0) is 10.0 Å². The zero-order valence-corrected chi connectivity index (χ0v) is 19.4. The normalized spacial score (nSPS) is 11.9. The Bertz CT molecular complexity index is 1120. The van der Waals surface area contributed by atoms with Crippen molar-refractivity contribution in [2.75, 3.05) is 18.4 Å². The quantitative estimate of drug-likeness (QED) is 0.470. The molecule has 0 aliphatic heterocycles. The van der Waals surface area contributed by atoms with Crippen LogP contribution < -0.4 is 5.32 Å². The Morgan fingerprint density at radius 1 is 1.14 bits per heavy atom. The van der Waals surface area contributed by atoms with Gasteiger partial charge in [-0.25, -0.2) is 13.4 Å². The molecule has 0 aliphatic rings. The van der Waals surface area contributed by atoms with Crippen LogP contribution >= 0.6 is 27.3 Å². The van der Waals surface area contributed by atoms with Gasteiger partial charge in [0, 0.05) is 17.6 Å². The van der Waals surface area contributed by atoms with Gasteiger partial charge in [-0.2, -0.15) is 4.31 Å². The van der Waals surface area contributed by atoms with Gasteiger partial charge in [-0.3, -0.25) is 10.1 Å². The molecule has 1 N–H and O–H groups in total. The van der Waals surface area contributed by atoms with Crippen LogP contribution in [0, 0.1) is 0 Å². The van der Waals surface area contributed by atoms with E-state index in [2.05, 4.69) is 26.2 Å². The van der Waals surface area contributed by atoms with Crippen LogP contribution in [0.2, 0.25) is 0 Å². The zero-order valence-electron chi connectivity index (χ0n) is 16.2. The second kappa shape index (κ2) is 9.34. The van der Waals surface area contributed by atoms with Gasteiger partial charge in [0.15, 0.2) is 5.13 Å². The van der Waals surface area contributed by atoms with Gasteiger partial charge in [0.25, 0.3) is 5.91 Å². The molecule has 154 valence electrons. The van der Waals surface area contributed by atoms with Crippen molar-refractivity contribution in [3.8, 4) is 0 Å². The minimum atomic E-state index is -3.56. The minimum absolute atomic E-state index is 0.249. The van der Waals surface area contributed by atoms with Crippen LogP contribution in [0.5, 0.6) is 0 Å². The summed E-state index contributed by atoms with van der Waals surface area (Å²) in [6.07, 6.45) is 1.51. The molecule has 6 nitrogen and oxygen atoms in total.